The van der Waals surface area contributed by atoms with Gasteiger partial charge >= 0.3 is 12.1 Å². The molecule has 41 heavy (non-hydrogen) atoms. The number of rotatable bonds is 17. The lowest BCUT2D eigenvalue weighted by molar-refractivity contribution is -0.145. The molecule has 0 aliphatic heterocycles. The van der Waals surface area contributed by atoms with Gasteiger partial charge in [0, 0.05) is 13.0 Å². The maximum absolute atomic E-state index is 12.6. The molecule has 0 saturated heterocycles. The van der Waals surface area contributed by atoms with E-state index in [4.69, 9.17) is 25.1 Å². The van der Waals surface area contributed by atoms with Gasteiger partial charge in [-0.05, 0) is 59.4 Å². The molecule has 0 unspecified atom stereocenters. The van der Waals surface area contributed by atoms with Crippen molar-refractivity contribution in [2.24, 2.45) is 5.73 Å². The van der Waals surface area contributed by atoms with E-state index in [0.717, 1.165) is 5.56 Å². The average molecular weight is 581 g/mol. The van der Waals surface area contributed by atoms with Gasteiger partial charge in [0.1, 0.15) is 30.4 Å². The number of hydrogen-bond donors (Lipinski definition) is 5. The zero-order chi connectivity index (χ0) is 31.0. The third kappa shape index (κ3) is 15.6. The Morgan fingerprint density at radius 1 is 0.951 bits per heavy atom. The predicted molar refractivity (Wildman–Crippen MR) is 149 cm³/mol. The van der Waals surface area contributed by atoms with Crippen LogP contribution in [0.3, 0.4) is 0 Å². The zero-order valence-corrected chi connectivity index (χ0v) is 24.4. The number of nitrogens with two attached hydrogens (primary N) is 1. The minimum Gasteiger partial charge on any atom is -0.461 e. The van der Waals surface area contributed by atoms with E-state index in [-0.39, 0.29) is 32.7 Å². The van der Waals surface area contributed by atoms with Crippen LogP contribution in [0.1, 0.15) is 65.9 Å². The van der Waals surface area contributed by atoms with Crippen molar-refractivity contribution >= 4 is 29.8 Å². The van der Waals surface area contributed by atoms with E-state index in [2.05, 4.69) is 16.0 Å². The molecule has 1 aromatic carbocycles. The lowest BCUT2D eigenvalue weighted by Gasteiger charge is -2.25. The third-order valence-electron chi connectivity index (χ3n) is 5.64. The number of ether oxygens (including phenoxy) is 3. The summed E-state index contributed by atoms with van der Waals surface area (Å²) in [5.41, 5.74) is 5.50. The molecule has 0 aliphatic rings. The van der Waals surface area contributed by atoms with Gasteiger partial charge in [-0.3, -0.25) is 19.2 Å². The maximum Gasteiger partial charge on any atom is 0.407 e. The number of nitrogens with one attached hydrogen (secondary N) is 3. The second-order valence-electron chi connectivity index (χ2n) is 10.6. The van der Waals surface area contributed by atoms with Crippen LogP contribution < -0.4 is 21.7 Å². The highest BCUT2D eigenvalue weighted by atomic mass is 16.6. The van der Waals surface area contributed by atoms with Gasteiger partial charge in [-0.15, -0.1) is 0 Å². The van der Waals surface area contributed by atoms with E-state index in [0.29, 0.717) is 12.8 Å². The summed E-state index contributed by atoms with van der Waals surface area (Å²) in [6.45, 7) is 8.02. The standard InChI is InChI=1S/C28H44N4O9/c1-18(25(36)32-22(24(29)35)13-14-23(34)40-16-20-10-7-6-8-11-20)30-26(37)19(2)39-17-21(12-9-15-33)31-27(38)41-28(3,4)5/h6-8,10-11,18-19,21-22,33H,9,12-17H2,1-5H3,(H2,29,35)(H,30,37)(H,31,38)(H,32,36)/t18-,19-,21-,22+/m0/s1. The summed E-state index contributed by atoms with van der Waals surface area (Å²) >= 11 is 0. The fourth-order valence-corrected chi connectivity index (χ4v) is 3.40. The Hall–Kier alpha value is -3.71. The highest BCUT2D eigenvalue weighted by molar-refractivity contribution is 5.92. The van der Waals surface area contributed by atoms with Gasteiger partial charge in [-0.1, -0.05) is 30.3 Å². The zero-order valence-electron chi connectivity index (χ0n) is 24.4. The Bertz CT molecular complexity index is 998. The van der Waals surface area contributed by atoms with Gasteiger partial charge < -0.3 is 41.0 Å². The van der Waals surface area contributed by atoms with Crippen LogP contribution in [0.4, 0.5) is 4.79 Å². The summed E-state index contributed by atoms with van der Waals surface area (Å²) in [5.74, 6) is -2.68. The van der Waals surface area contributed by atoms with Gasteiger partial charge in [-0.25, -0.2) is 4.79 Å². The number of esters is 1. The number of amides is 4. The van der Waals surface area contributed by atoms with Crippen LogP contribution >= 0.6 is 0 Å². The first-order valence-corrected chi connectivity index (χ1v) is 13.5. The van der Waals surface area contributed by atoms with Gasteiger partial charge in [0.05, 0.1) is 12.6 Å². The first-order valence-electron chi connectivity index (χ1n) is 13.5. The number of hydrogen-bond acceptors (Lipinski definition) is 9. The van der Waals surface area contributed by atoms with Crippen molar-refractivity contribution in [3.63, 3.8) is 0 Å². The lowest BCUT2D eigenvalue weighted by Crippen LogP contribution is -2.53. The first-order chi connectivity index (χ1) is 19.2. The van der Waals surface area contributed by atoms with Crippen molar-refractivity contribution in [2.45, 2.75) is 96.7 Å². The number of alkyl carbamates (subject to hydrolysis) is 1. The van der Waals surface area contributed by atoms with E-state index in [1.54, 1.807) is 32.9 Å². The van der Waals surface area contributed by atoms with Crippen molar-refractivity contribution in [1.29, 1.82) is 0 Å². The minimum atomic E-state index is -1.15. The van der Waals surface area contributed by atoms with Crippen LogP contribution in [0.25, 0.3) is 0 Å². The molecule has 0 aromatic heterocycles. The number of carbonyl (C=O) groups is 5. The molecule has 1 aromatic rings. The van der Waals surface area contributed by atoms with Crippen molar-refractivity contribution in [1.82, 2.24) is 16.0 Å². The summed E-state index contributed by atoms with van der Waals surface area (Å²) in [4.78, 5) is 61.2. The van der Waals surface area contributed by atoms with Crippen molar-refractivity contribution in [2.75, 3.05) is 13.2 Å². The second-order valence-corrected chi connectivity index (χ2v) is 10.6. The molecule has 4 atom stereocenters. The normalized spacial score (nSPS) is 14.1. The van der Waals surface area contributed by atoms with Crippen molar-refractivity contribution in [3.8, 4) is 0 Å². The first kappa shape index (κ1) is 35.3. The Balaban J connectivity index is 2.54. The number of primary amides is 1. The molecule has 0 saturated carbocycles. The average Bonchev–Trinajstić information content (AvgIpc) is 2.90. The molecule has 0 heterocycles. The SMILES string of the molecule is C[C@H](NC(=O)[C@H](C)OC[C@H](CCCO)NC(=O)OC(C)(C)C)C(=O)N[C@H](CCC(=O)OCc1ccccc1)C(N)=O. The van der Waals surface area contributed by atoms with Gasteiger partial charge in [0.2, 0.25) is 17.7 Å². The fourth-order valence-electron chi connectivity index (χ4n) is 3.40. The summed E-state index contributed by atoms with van der Waals surface area (Å²) in [7, 11) is 0. The van der Waals surface area contributed by atoms with E-state index in [9.17, 15) is 24.0 Å². The Kier molecular flexibility index (Phi) is 15.4. The van der Waals surface area contributed by atoms with Crippen LogP contribution in [0.5, 0.6) is 0 Å². The molecular formula is C28H44N4O9. The summed E-state index contributed by atoms with van der Waals surface area (Å²) in [5, 5.41) is 16.7. The van der Waals surface area contributed by atoms with E-state index < -0.39 is 59.6 Å². The van der Waals surface area contributed by atoms with E-state index >= 15 is 0 Å². The van der Waals surface area contributed by atoms with Crippen LogP contribution in [-0.2, 0) is 40.0 Å². The molecule has 0 radical (unpaired) electrons. The molecular weight excluding hydrogens is 536 g/mol. The monoisotopic (exact) mass is 580 g/mol. The molecule has 230 valence electrons. The molecule has 13 heteroatoms. The van der Waals surface area contributed by atoms with Crippen molar-refractivity contribution < 1.29 is 43.3 Å². The van der Waals surface area contributed by atoms with E-state index in [1.807, 2.05) is 18.2 Å². The van der Waals surface area contributed by atoms with Gasteiger partial charge in [-0.2, -0.15) is 0 Å². The van der Waals surface area contributed by atoms with Crippen LogP contribution in [-0.4, -0.2) is 77.9 Å². The van der Waals surface area contributed by atoms with Gasteiger partial charge in [0.25, 0.3) is 0 Å². The molecule has 0 spiro atoms. The van der Waals surface area contributed by atoms with Crippen LogP contribution in [0.15, 0.2) is 30.3 Å². The van der Waals surface area contributed by atoms with Crippen LogP contribution in [0, 0.1) is 0 Å². The fraction of sp³-hybridized carbons (Fsp3) is 0.607. The third-order valence-corrected chi connectivity index (χ3v) is 5.64. The molecule has 0 aliphatic carbocycles. The molecule has 6 N–H and O–H groups in total. The quantitative estimate of drug-likeness (QED) is 0.167. The number of aliphatic hydroxyl groups excluding tert-OH is 1. The Morgan fingerprint density at radius 3 is 2.20 bits per heavy atom. The van der Waals surface area contributed by atoms with Crippen LogP contribution in [0.2, 0.25) is 0 Å². The topological polar surface area (TPSA) is 195 Å². The predicted octanol–water partition coefficient (Wildman–Crippen LogP) is 1.06. The van der Waals surface area contributed by atoms with Crippen molar-refractivity contribution in [3.05, 3.63) is 35.9 Å². The Morgan fingerprint density at radius 2 is 1.61 bits per heavy atom. The Labute approximate surface area is 240 Å². The largest absolute Gasteiger partial charge is 0.461 e. The molecule has 1 rings (SSSR count). The molecule has 0 bridgehead atoms. The smallest absolute Gasteiger partial charge is 0.407 e. The van der Waals surface area contributed by atoms with E-state index in [1.165, 1.54) is 13.8 Å². The summed E-state index contributed by atoms with van der Waals surface area (Å²) in [6, 6.07) is 6.35. The summed E-state index contributed by atoms with van der Waals surface area (Å²) < 4.78 is 16.0. The minimum absolute atomic E-state index is 0.0431. The lowest BCUT2D eigenvalue weighted by atomic mass is 10.1. The van der Waals surface area contributed by atoms with Gasteiger partial charge in [0.15, 0.2) is 0 Å². The highest BCUT2D eigenvalue weighted by Crippen LogP contribution is 2.09. The number of benzene rings is 1. The molecule has 0 fully saturated rings. The summed E-state index contributed by atoms with van der Waals surface area (Å²) in [6.07, 6.45) is -1.09. The highest BCUT2D eigenvalue weighted by Gasteiger charge is 2.26. The molecule has 4 amide bonds. The number of aliphatic hydroxyl groups is 1. The second kappa shape index (κ2) is 17.9. The maximum atomic E-state index is 12.6. The molecule has 13 nitrogen and oxygen atoms in total. The number of carbonyl (C=O) groups excluding carboxylic acids is 5.